The van der Waals surface area contributed by atoms with Gasteiger partial charge in [0.25, 0.3) is 5.91 Å². The molecule has 0 aliphatic carbocycles. The molecule has 0 aromatic heterocycles. The fraction of sp³-hybridized carbons (Fsp3) is 0.174. The third-order valence-electron chi connectivity index (χ3n) is 4.22. The minimum Gasteiger partial charge on any atom is -0.462 e. The zero-order valence-electron chi connectivity index (χ0n) is 16.0. The minimum atomic E-state index is -0.534. The predicted molar refractivity (Wildman–Crippen MR) is 110 cm³/mol. The molecule has 148 valence electrons. The topological polar surface area (TPSA) is 81.7 Å². The number of ether oxygens (including phenoxy) is 2. The first-order valence-electron chi connectivity index (χ1n) is 9.26. The molecule has 0 spiro atoms. The number of hydrogen-bond acceptors (Lipinski definition) is 5. The van der Waals surface area contributed by atoms with Crippen LogP contribution in [-0.2, 0) is 25.5 Å². The second-order valence-corrected chi connectivity index (χ2v) is 6.33. The number of fused-ring (bicyclic) bond motifs is 1. The molecule has 0 unspecified atom stereocenters. The van der Waals surface area contributed by atoms with Gasteiger partial charge in [0.2, 0.25) is 0 Å². The summed E-state index contributed by atoms with van der Waals surface area (Å²) in [5.74, 6) is -1.57. The van der Waals surface area contributed by atoms with Gasteiger partial charge in [-0.2, -0.15) is 0 Å². The number of rotatable bonds is 7. The zero-order chi connectivity index (χ0) is 20.6. The SMILES string of the molecule is CCOC(=O)c1ccccc1NC(=O)COC(=O)Cc1ccc2ccccc2c1. The van der Waals surface area contributed by atoms with E-state index in [1.54, 1.807) is 31.2 Å². The van der Waals surface area contributed by atoms with Gasteiger partial charge in [-0.3, -0.25) is 9.59 Å². The van der Waals surface area contributed by atoms with E-state index >= 15 is 0 Å². The third kappa shape index (κ3) is 5.42. The average molecular weight is 391 g/mol. The molecule has 0 bridgehead atoms. The number of carbonyl (C=O) groups is 3. The van der Waals surface area contributed by atoms with Gasteiger partial charge in [0.05, 0.1) is 24.3 Å². The van der Waals surface area contributed by atoms with Crippen LogP contribution < -0.4 is 5.32 Å². The van der Waals surface area contributed by atoms with E-state index < -0.39 is 24.5 Å². The summed E-state index contributed by atoms with van der Waals surface area (Å²) in [6.07, 6.45) is 0.0670. The van der Waals surface area contributed by atoms with E-state index in [0.717, 1.165) is 16.3 Å². The number of hydrogen-bond donors (Lipinski definition) is 1. The predicted octanol–water partition coefficient (Wildman–Crippen LogP) is 3.74. The van der Waals surface area contributed by atoms with E-state index in [1.165, 1.54) is 0 Å². The molecule has 29 heavy (non-hydrogen) atoms. The summed E-state index contributed by atoms with van der Waals surface area (Å²) >= 11 is 0. The molecule has 0 aliphatic rings. The Bertz CT molecular complexity index is 1040. The van der Waals surface area contributed by atoms with Crippen LogP contribution in [0.5, 0.6) is 0 Å². The summed E-state index contributed by atoms with van der Waals surface area (Å²) in [6, 6.07) is 20.1. The largest absolute Gasteiger partial charge is 0.462 e. The van der Waals surface area contributed by atoms with Gasteiger partial charge >= 0.3 is 11.9 Å². The Balaban J connectivity index is 1.55. The highest BCUT2D eigenvalue weighted by Crippen LogP contribution is 2.17. The third-order valence-corrected chi connectivity index (χ3v) is 4.22. The first kappa shape index (κ1) is 20.1. The fourth-order valence-corrected chi connectivity index (χ4v) is 2.88. The number of carbonyl (C=O) groups excluding carboxylic acids is 3. The van der Waals surface area contributed by atoms with Crippen molar-refractivity contribution < 1.29 is 23.9 Å². The van der Waals surface area contributed by atoms with E-state index in [0.29, 0.717) is 5.69 Å². The molecule has 0 atom stereocenters. The van der Waals surface area contributed by atoms with Crippen molar-refractivity contribution in [3.63, 3.8) is 0 Å². The Morgan fingerprint density at radius 1 is 0.862 bits per heavy atom. The second kappa shape index (κ2) is 9.50. The Morgan fingerprint density at radius 2 is 1.59 bits per heavy atom. The van der Waals surface area contributed by atoms with Crippen LogP contribution in [0.4, 0.5) is 5.69 Å². The highest BCUT2D eigenvalue weighted by molar-refractivity contribution is 6.01. The van der Waals surface area contributed by atoms with Gasteiger partial charge in [-0.1, -0.05) is 54.6 Å². The van der Waals surface area contributed by atoms with Crippen LogP contribution in [0, 0.1) is 0 Å². The molecule has 1 amide bonds. The highest BCUT2D eigenvalue weighted by Gasteiger charge is 2.15. The Morgan fingerprint density at radius 3 is 2.38 bits per heavy atom. The summed E-state index contributed by atoms with van der Waals surface area (Å²) in [7, 11) is 0. The lowest BCUT2D eigenvalue weighted by molar-refractivity contribution is -0.146. The molecule has 0 fully saturated rings. The Hall–Kier alpha value is -3.67. The summed E-state index contributed by atoms with van der Waals surface area (Å²) in [5.41, 5.74) is 1.36. The molecular weight excluding hydrogens is 370 g/mol. The molecule has 3 aromatic rings. The lowest BCUT2D eigenvalue weighted by atomic mass is 10.1. The van der Waals surface area contributed by atoms with Gasteiger partial charge in [0, 0.05) is 0 Å². The smallest absolute Gasteiger partial charge is 0.340 e. The molecule has 6 heteroatoms. The molecule has 6 nitrogen and oxygen atoms in total. The van der Waals surface area contributed by atoms with Gasteiger partial charge in [-0.15, -0.1) is 0 Å². The normalized spacial score (nSPS) is 10.4. The fourth-order valence-electron chi connectivity index (χ4n) is 2.88. The second-order valence-electron chi connectivity index (χ2n) is 6.33. The van der Waals surface area contributed by atoms with E-state index in [4.69, 9.17) is 9.47 Å². The van der Waals surface area contributed by atoms with Gasteiger partial charge in [-0.25, -0.2) is 4.79 Å². The maximum Gasteiger partial charge on any atom is 0.340 e. The van der Waals surface area contributed by atoms with Gasteiger partial charge in [0.15, 0.2) is 6.61 Å². The molecule has 0 aliphatic heterocycles. The summed E-state index contributed by atoms with van der Waals surface area (Å²) in [5, 5.41) is 4.70. The van der Waals surface area contributed by atoms with Crippen LogP contribution in [0.25, 0.3) is 10.8 Å². The van der Waals surface area contributed by atoms with E-state index in [2.05, 4.69) is 5.32 Å². The lowest BCUT2D eigenvalue weighted by Gasteiger charge is -2.10. The van der Waals surface area contributed by atoms with Crippen molar-refractivity contribution in [2.45, 2.75) is 13.3 Å². The molecule has 1 N–H and O–H groups in total. The molecule has 0 heterocycles. The Kier molecular flexibility index (Phi) is 6.58. The maximum absolute atomic E-state index is 12.1. The van der Waals surface area contributed by atoms with Crippen molar-refractivity contribution in [3.05, 3.63) is 77.9 Å². The number of para-hydroxylation sites is 1. The van der Waals surface area contributed by atoms with Crippen molar-refractivity contribution >= 4 is 34.3 Å². The summed E-state index contributed by atoms with van der Waals surface area (Å²) < 4.78 is 10.0. The van der Waals surface area contributed by atoms with Crippen molar-refractivity contribution in [1.82, 2.24) is 0 Å². The monoisotopic (exact) mass is 391 g/mol. The number of esters is 2. The van der Waals surface area contributed by atoms with Crippen LogP contribution in [0.2, 0.25) is 0 Å². The summed E-state index contributed by atoms with van der Waals surface area (Å²) in [4.78, 5) is 36.2. The van der Waals surface area contributed by atoms with Crippen molar-refractivity contribution in [1.29, 1.82) is 0 Å². The van der Waals surface area contributed by atoms with Gasteiger partial charge in [0.1, 0.15) is 0 Å². The molecule has 0 saturated heterocycles. The lowest BCUT2D eigenvalue weighted by Crippen LogP contribution is -2.23. The van der Waals surface area contributed by atoms with Crippen LogP contribution in [0.1, 0.15) is 22.8 Å². The molecular formula is C23H21NO5. The molecule has 3 rings (SSSR count). The minimum absolute atomic E-state index is 0.0670. The maximum atomic E-state index is 12.1. The van der Waals surface area contributed by atoms with Gasteiger partial charge in [-0.05, 0) is 35.4 Å². The molecule has 0 saturated carbocycles. The van der Waals surface area contributed by atoms with Crippen molar-refractivity contribution in [2.24, 2.45) is 0 Å². The zero-order valence-corrected chi connectivity index (χ0v) is 16.0. The van der Waals surface area contributed by atoms with Crippen LogP contribution in [-0.4, -0.2) is 31.1 Å². The highest BCUT2D eigenvalue weighted by atomic mass is 16.5. The van der Waals surface area contributed by atoms with Crippen molar-refractivity contribution in [3.8, 4) is 0 Å². The average Bonchev–Trinajstić information content (AvgIpc) is 2.73. The Labute approximate surface area is 168 Å². The number of anilines is 1. The van der Waals surface area contributed by atoms with Crippen molar-refractivity contribution in [2.75, 3.05) is 18.5 Å². The first-order valence-corrected chi connectivity index (χ1v) is 9.26. The van der Waals surface area contributed by atoms with Crippen LogP contribution in [0.3, 0.4) is 0 Å². The van der Waals surface area contributed by atoms with Gasteiger partial charge < -0.3 is 14.8 Å². The van der Waals surface area contributed by atoms with E-state index in [1.807, 2.05) is 42.5 Å². The van der Waals surface area contributed by atoms with Crippen LogP contribution in [0.15, 0.2) is 66.7 Å². The number of nitrogens with one attached hydrogen (secondary N) is 1. The first-order chi connectivity index (χ1) is 14.1. The quantitative estimate of drug-likeness (QED) is 0.621. The van der Waals surface area contributed by atoms with Crippen LogP contribution >= 0.6 is 0 Å². The number of benzene rings is 3. The summed E-state index contributed by atoms with van der Waals surface area (Å²) in [6.45, 7) is 1.49. The number of amides is 1. The van der Waals surface area contributed by atoms with E-state index in [-0.39, 0.29) is 18.6 Å². The van der Waals surface area contributed by atoms with E-state index in [9.17, 15) is 14.4 Å². The molecule has 3 aromatic carbocycles. The molecule has 0 radical (unpaired) electrons. The standard InChI is InChI=1S/C23H21NO5/c1-2-28-23(27)19-9-5-6-10-20(19)24-21(25)15-29-22(26)14-16-11-12-17-7-3-4-8-18(17)13-16/h3-13H,2,14-15H2,1H3,(H,24,25).